The van der Waals surface area contributed by atoms with Gasteiger partial charge in [0.15, 0.2) is 11.6 Å². The molecule has 6 heteroatoms. The van der Waals surface area contributed by atoms with E-state index >= 15 is 0 Å². The normalized spacial score (nSPS) is 11.5. The Bertz CT molecular complexity index is 401. The van der Waals surface area contributed by atoms with Crippen LogP contribution in [0.2, 0.25) is 0 Å². The van der Waals surface area contributed by atoms with Crippen LogP contribution < -0.4 is 5.14 Å². The van der Waals surface area contributed by atoms with Crippen molar-refractivity contribution >= 4 is 10.0 Å². The smallest absolute Gasteiger partial charge is 0.241 e. The molecule has 0 aliphatic carbocycles. The van der Waals surface area contributed by atoms with Gasteiger partial charge < -0.3 is 5.11 Å². The number of phenols is 1. The van der Waals surface area contributed by atoms with Gasteiger partial charge in [0.25, 0.3) is 0 Å². The minimum atomic E-state index is -4.05. The third kappa shape index (κ3) is 1.54. The van der Waals surface area contributed by atoms with Crippen LogP contribution in [0.15, 0.2) is 23.1 Å². The summed E-state index contributed by atoms with van der Waals surface area (Å²) in [6, 6.07) is 3.10. The van der Waals surface area contributed by atoms with Crippen LogP contribution >= 0.6 is 0 Å². The Balaban J connectivity index is 3.47. The zero-order chi connectivity index (χ0) is 9.35. The van der Waals surface area contributed by atoms with Gasteiger partial charge in [-0.25, -0.2) is 17.9 Å². The highest BCUT2D eigenvalue weighted by molar-refractivity contribution is 7.89. The molecule has 0 aliphatic heterocycles. The van der Waals surface area contributed by atoms with E-state index < -0.39 is 26.5 Å². The molecule has 0 heterocycles. The maximum absolute atomic E-state index is 12.5. The number of para-hydroxylation sites is 1. The van der Waals surface area contributed by atoms with Gasteiger partial charge in [0.2, 0.25) is 10.0 Å². The van der Waals surface area contributed by atoms with Crippen LogP contribution in [0.4, 0.5) is 4.39 Å². The van der Waals surface area contributed by atoms with Crippen molar-refractivity contribution in [2.24, 2.45) is 5.14 Å². The highest BCUT2D eigenvalue weighted by atomic mass is 32.2. The van der Waals surface area contributed by atoms with Crippen LogP contribution in [-0.2, 0) is 10.0 Å². The van der Waals surface area contributed by atoms with Gasteiger partial charge in [-0.05, 0) is 12.1 Å². The molecule has 0 aromatic heterocycles. The number of hydrogen-bond donors (Lipinski definition) is 2. The fraction of sp³-hybridized carbons (Fsp3) is 0. The van der Waals surface area contributed by atoms with Crippen molar-refractivity contribution in [1.29, 1.82) is 0 Å². The summed E-state index contributed by atoms with van der Waals surface area (Å²) in [5.41, 5.74) is 0. The summed E-state index contributed by atoms with van der Waals surface area (Å²) in [4.78, 5) is -0.609. The van der Waals surface area contributed by atoms with Crippen LogP contribution in [0.5, 0.6) is 5.75 Å². The lowest BCUT2D eigenvalue weighted by atomic mass is 10.3. The molecule has 0 fully saturated rings. The third-order valence-corrected chi connectivity index (χ3v) is 2.20. The van der Waals surface area contributed by atoms with Crippen molar-refractivity contribution in [3.63, 3.8) is 0 Å². The molecule has 4 nitrogen and oxygen atoms in total. The minimum Gasteiger partial charge on any atom is -0.504 e. The highest BCUT2D eigenvalue weighted by Gasteiger charge is 2.15. The van der Waals surface area contributed by atoms with Gasteiger partial charge in [0.05, 0.1) is 0 Å². The van der Waals surface area contributed by atoms with Gasteiger partial charge in [0.1, 0.15) is 4.90 Å². The minimum absolute atomic E-state index is 0.609. The van der Waals surface area contributed by atoms with Gasteiger partial charge in [-0.15, -0.1) is 0 Å². The quantitative estimate of drug-likeness (QED) is 0.664. The lowest BCUT2D eigenvalue weighted by molar-refractivity contribution is 0.417. The second-order valence-electron chi connectivity index (χ2n) is 2.13. The van der Waals surface area contributed by atoms with E-state index in [1.807, 2.05) is 0 Å². The maximum atomic E-state index is 12.5. The zero-order valence-corrected chi connectivity index (χ0v) is 6.68. The van der Waals surface area contributed by atoms with E-state index in [-0.39, 0.29) is 0 Å². The Hall–Kier alpha value is -1.14. The van der Waals surface area contributed by atoms with Gasteiger partial charge >= 0.3 is 0 Å². The standard InChI is InChI=1S/C6H6FNO3S/c7-4-2-1-3-5(6(4)9)12(8,10)11/h1-3,9H,(H2,8,10,11). The Kier molecular flexibility index (Phi) is 2.03. The van der Waals surface area contributed by atoms with Gasteiger partial charge in [-0.3, -0.25) is 0 Å². The number of halogens is 1. The summed E-state index contributed by atoms with van der Waals surface area (Å²) >= 11 is 0. The molecule has 1 aromatic rings. The summed E-state index contributed by atoms with van der Waals surface area (Å²) in [6.45, 7) is 0. The number of phenolic OH excluding ortho intramolecular Hbond substituents is 1. The summed E-state index contributed by atoms with van der Waals surface area (Å²) in [5.74, 6) is -1.96. The van der Waals surface area contributed by atoms with E-state index in [1.54, 1.807) is 0 Å². The fourth-order valence-electron chi connectivity index (χ4n) is 0.725. The first-order valence-electron chi connectivity index (χ1n) is 2.93. The summed E-state index contributed by atoms with van der Waals surface area (Å²) in [6.07, 6.45) is 0. The van der Waals surface area contributed by atoms with Gasteiger partial charge in [-0.2, -0.15) is 0 Å². The van der Waals surface area contributed by atoms with Crippen LogP contribution in [0.25, 0.3) is 0 Å². The van der Waals surface area contributed by atoms with E-state index in [9.17, 15) is 12.8 Å². The average molecular weight is 191 g/mol. The Morgan fingerprint density at radius 2 is 2.00 bits per heavy atom. The average Bonchev–Trinajstić information content (AvgIpc) is 1.92. The van der Waals surface area contributed by atoms with Crippen molar-refractivity contribution in [3.05, 3.63) is 24.0 Å². The van der Waals surface area contributed by atoms with Crippen molar-refractivity contribution < 1.29 is 17.9 Å². The van der Waals surface area contributed by atoms with Gasteiger partial charge in [-0.1, -0.05) is 6.07 Å². The number of aromatic hydroxyl groups is 1. The molecule has 66 valence electrons. The Morgan fingerprint density at radius 3 is 2.42 bits per heavy atom. The van der Waals surface area contributed by atoms with Crippen LogP contribution in [0.3, 0.4) is 0 Å². The molecule has 1 aromatic carbocycles. The van der Waals surface area contributed by atoms with Crippen LogP contribution in [0.1, 0.15) is 0 Å². The SMILES string of the molecule is NS(=O)(=O)c1cccc(F)c1O. The van der Waals surface area contributed by atoms with Crippen molar-refractivity contribution in [2.75, 3.05) is 0 Å². The summed E-state index contributed by atoms with van der Waals surface area (Å²) in [5, 5.41) is 13.6. The van der Waals surface area contributed by atoms with Crippen molar-refractivity contribution in [3.8, 4) is 5.75 Å². The van der Waals surface area contributed by atoms with E-state index in [4.69, 9.17) is 5.11 Å². The second kappa shape index (κ2) is 2.72. The van der Waals surface area contributed by atoms with Crippen LogP contribution in [0, 0.1) is 5.82 Å². The van der Waals surface area contributed by atoms with Crippen molar-refractivity contribution in [2.45, 2.75) is 4.90 Å². The topological polar surface area (TPSA) is 80.4 Å². The second-order valence-corrected chi connectivity index (χ2v) is 3.66. The largest absolute Gasteiger partial charge is 0.504 e. The first-order chi connectivity index (χ1) is 5.43. The maximum Gasteiger partial charge on any atom is 0.241 e. The molecule has 0 aliphatic rings. The summed E-state index contributed by atoms with van der Waals surface area (Å²) < 4.78 is 33.9. The Labute approximate surface area is 68.5 Å². The molecular formula is C6H6FNO3S. The lowest BCUT2D eigenvalue weighted by Crippen LogP contribution is -2.12. The zero-order valence-electron chi connectivity index (χ0n) is 5.86. The molecule has 0 saturated heterocycles. The molecule has 0 unspecified atom stereocenters. The fourth-order valence-corrected chi connectivity index (χ4v) is 1.36. The lowest BCUT2D eigenvalue weighted by Gasteiger charge is -2.00. The molecule has 0 saturated carbocycles. The first-order valence-corrected chi connectivity index (χ1v) is 4.48. The number of nitrogens with two attached hydrogens (primary N) is 1. The van der Waals surface area contributed by atoms with Crippen LogP contribution in [-0.4, -0.2) is 13.5 Å². The van der Waals surface area contributed by atoms with E-state index in [2.05, 4.69) is 5.14 Å². The molecule has 0 atom stereocenters. The predicted molar refractivity (Wildman–Crippen MR) is 39.4 cm³/mol. The number of primary sulfonamides is 1. The predicted octanol–water partition coefficient (Wildman–Crippen LogP) is 0.179. The van der Waals surface area contributed by atoms with E-state index in [0.717, 1.165) is 18.2 Å². The first kappa shape index (κ1) is 8.95. The van der Waals surface area contributed by atoms with E-state index in [1.165, 1.54) is 0 Å². The molecule has 3 N–H and O–H groups in total. The molecular weight excluding hydrogens is 185 g/mol. The molecule has 12 heavy (non-hydrogen) atoms. The number of rotatable bonds is 1. The highest BCUT2D eigenvalue weighted by Crippen LogP contribution is 2.23. The number of hydrogen-bond acceptors (Lipinski definition) is 3. The molecule has 0 radical (unpaired) electrons. The van der Waals surface area contributed by atoms with E-state index in [0.29, 0.717) is 0 Å². The number of sulfonamides is 1. The molecule has 0 amide bonds. The molecule has 0 bridgehead atoms. The Morgan fingerprint density at radius 1 is 1.42 bits per heavy atom. The molecule has 0 spiro atoms. The molecule has 1 rings (SSSR count). The monoisotopic (exact) mass is 191 g/mol. The summed E-state index contributed by atoms with van der Waals surface area (Å²) in [7, 11) is -4.05. The van der Waals surface area contributed by atoms with Crippen molar-refractivity contribution in [1.82, 2.24) is 0 Å². The van der Waals surface area contributed by atoms with Gasteiger partial charge in [0, 0.05) is 0 Å². The third-order valence-electron chi connectivity index (χ3n) is 1.26. The number of benzene rings is 1.